The Labute approximate surface area is 110 Å². The van der Waals surface area contributed by atoms with Crippen LogP contribution in [0.15, 0.2) is 6.33 Å². The molecule has 0 unspecified atom stereocenters. The highest BCUT2D eigenvalue weighted by Gasteiger charge is 2.21. The summed E-state index contributed by atoms with van der Waals surface area (Å²) in [5.74, 6) is 2.04. The van der Waals surface area contributed by atoms with Crippen LogP contribution in [-0.4, -0.2) is 29.6 Å². The summed E-state index contributed by atoms with van der Waals surface area (Å²) in [7, 11) is 2.17. The molecule has 18 heavy (non-hydrogen) atoms. The number of rotatable bonds is 4. The fraction of sp³-hybridized carbons (Fsp3) is 0.714. The summed E-state index contributed by atoms with van der Waals surface area (Å²) in [6.07, 6.45) is 8.32. The van der Waals surface area contributed by atoms with Gasteiger partial charge in [0.05, 0.1) is 0 Å². The summed E-state index contributed by atoms with van der Waals surface area (Å²) in [6, 6.07) is 0.641. The zero-order valence-corrected chi connectivity index (χ0v) is 11.7. The van der Waals surface area contributed by atoms with E-state index >= 15 is 0 Å². The lowest BCUT2D eigenvalue weighted by Crippen LogP contribution is -2.34. The first-order valence-electron chi connectivity index (χ1n) is 7.02. The molecule has 1 aliphatic carbocycles. The molecule has 1 fully saturated rings. The van der Waals surface area contributed by atoms with E-state index in [2.05, 4.69) is 41.1 Å². The van der Waals surface area contributed by atoms with Gasteiger partial charge in [0.1, 0.15) is 18.0 Å². The summed E-state index contributed by atoms with van der Waals surface area (Å²) >= 11 is 0. The van der Waals surface area contributed by atoms with Crippen LogP contribution in [0.4, 0.5) is 11.6 Å². The standard InChI is InChI=1S/C14H24N4/c1-4-15-13-11(2)14(17-10-16-13)18(3)12-8-6-5-7-9-12/h10,12H,4-9H2,1-3H3,(H,15,16,17). The lowest BCUT2D eigenvalue weighted by Gasteiger charge is -2.33. The van der Waals surface area contributed by atoms with Gasteiger partial charge in [-0.2, -0.15) is 0 Å². The maximum absolute atomic E-state index is 4.47. The van der Waals surface area contributed by atoms with E-state index in [1.807, 2.05) is 0 Å². The Morgan fingerprint density at radius 2 is 2.00 bits per heavy atom. The monoisotopic (exact) mass is 248 g/mol. The van der Waals surface area contributed by atoms with Gasteiger partial charge >= 0.3 is 0 Å². The Balaban J connectivity index is 2.18. The van der Waals surface area contributed by atoms with Gasteiger partial charge in [-0.15, -0.1) is 0 Å². The fourth-order valence-corrected chi connectivity index (χ4v) is 2.78. The van der Waals surface area contributed by atoms with Crippen molar-refractivity contribution >= 4 is 11.6 Å². The maximum atomic E-state index is 4.47. The predicted octanol–water partition coefficient (Wildman–Crippen LogP) is 2.99. The summed E-state index contributed by atoms with van der Waals surface area (Å²) in [4.78, 5) is 11.1. The van der Waals surface area contributed by atoms with Crippen LogP contribution < -0.4 is 10.2 Å². The molecule has 1 aliphatic rings. The summed E-state index contributed by atoms with van der Waals surface area (Å²) in [5.41, 5.74) is 1.16. The van der Waals surface area contributed by atoms with Gasteiger partial charge in [-0.25, -0.2) is 9.97 Å². The van der Waals surface area contributed by atoms with Crippen molar-refractivity contribution in [1.29, 1.82) is 0 Å². The van der Waals surface area contributed by atoms with E-state index in [9.17, 15) is 0 Å². The largest absolute Gasteiger partial charge is 0.370 e. The molecule has 1 heterocycles. The third kappa shape index (κ3) is 2.74. The Morgan fingerprint density at radius 1 is 1.28 bits per heavy atom. The molecular formula is C14H24N4. The van der Waals surface area contributed by atoms with Crippen molar-refractivity contribution in [2.75, 3.05) is 23.8 Å². The molecule has 0 bridgehead atoms. The van der Waals surface area contributed by atoms with Crippen LogP contribution in [0.1, 0.15) is 44.6 Å². The Kier molecular flexibility index (Phi) is 4.39. The van der Waals surface area contributed by atoms with Crippen LogP contribution >= 0.6 is 0 Å². The molecule has 0 radical (unpaired) electrons. The van der Waals surface area contributed by atoms with E-state index in [0.29, 0.717) is 6.04 Å². The fourth-order valence-electron chi connectivity index (χ4n) is 2.78. The van der Waals surface area contributed by atoms with Gasteiger partial charge in [0.15, 0.2) is 0 Å². The highest BCUT2D eigenvalue weighted by atomic mass is 15.2. The van der Waals surface area contributed by atoms with Crippen molar-refractivity contribution in [1.82, 2.24) is 9.97 Å². The van der Waals surface area contributed by atoms with E-state index in [0.717, 1.165) is 23.7 Å². The smallest absolute Gasteiger partial charge is 0.137 e. The van der Waals surface area contributed by atoms with Crippen LogP contribution in [0, 0.1) is 6.92 Å². The van der Waals surface area contributed by atoms with Crippen LogP contribution in [0.5, 0.6) is 0 Å². The molecular weight excluding hydrogens is 224 g/mol. The van der Waals surface area contributed by atoms with E-state index in [1.165, 1.54) is 32.1 Å². The molecule has 0 aromatic carbocycles. The lowest BCUT2D eigenvalue weighted by molar-refractivity contribution is 0.425. The maximum Gasteiger partial charge on any atom is 0.137 e. The van der Waals surface area contributed by atoms with Crippen LogP contribution in [0.2, 0.25) is 0 Å². The molecule has 4 heteroatoms. The second kappa shape index (κ2) is 6.03. The van der Waals surface area contributed by atoms with Gasteiger partial charge < -0.3 is 10.2 Å². The average Bonchev–Trinajstić information content (AvgIpc) is 2.42. The second-order valence-electron chi connectivity index (χ2n) is 5.10. The number of hydrogen-bond donors (Lipinski definition) is 1. The molecule has 100 valence electrons. The highest BCUT2D eigenvalue weighted by Crippen LogP contribution is 2.28. The van der Waals surface area contributed by atoms with Gasteiger partial charge in [0.25, 0.3) is 0 Å². The van der Waals surface area contributed by atoms with Gasteiger partial charge in [0.2, 0.25) is 0 Å². The van der Waals surface area contributed by atoms with E-state index in [4.69, 9.17) is 0 Å². The minimum atomic E-state index is 0.641. The molecule has 0 atom stereocenters. The molecule has 4 nitrogen and oxygen atoms in total. The lowest BCUT2D eigenvalue weighted by atomic mass is 9.94. The molecule has 1 saturated carbocycles. The van der Waals surface area contributed by atoms with E-state index in [1.54, 1.807) is 6.33 Å². The summed E-state index contributed by atoms with van der Waals surface area (Å²) < 4.78 is 0. The van der Waals surface area contributed by atoms with Crippen LogP contribution in [-0.2, 0) is 0 Å². The summed E-state index contributed by atoms with van der Waals surface area (Å²) in [5, 5.41) is 3.30. The van der Waals surface area contributed by atoms with Crippen molar-refractivity contribution in [3.63, 3.8) is 0 Å². The van der Waals surface area contributed by atoms with Crippen LogP contribution in [0.25, 0.3) is 0 Å². The average molecular weight is 248 g/mol. The van der Waals surface area contributed by atoms with Crippen LogP contribution in [0.3, 0.4) is 0 Å². The Morgan fingerprint density at radius 3 is 2.67 bits per heavy atom. The first kappa shape index (κ1) is 13.1. The SMILES string of the molecule is CCNc1ncnc(N(C)C2CCCCC2)c1C. The van der Waals surface area contributed by atoms with Crippen molar-refractivity contribution in [2.45, 2.75) is 52.0 Å². The molecule has 0 spiro atoms. The van der Waals surface area contributed by atoms with Crippen molar-refractivity contribution in [3.8, 4) is 0 Å². The zero-order chi connectivity index (χ0) is 13.0. The predicted molar refractivity (Wildman–Crippen MR) is 76.2 cm³/mol. The normalized spacial score (nSPS) is 16.6. The summed E-state index contributed by atoms with van der Waals surface area (Å²) in [6.45, 7) is 5.09. The van der Waals surface area contributed by atoms with E-state index < -0.39 is 0 Å². The van der Waals surface area contributed by atoms with Gasteiger partial charge in [-0.05, 0) is 26.7 Å². The molecule has 1 N–H and O–H groups in total. The number of anilines is 2. The Bertz CT molecular complexity index is 385. The number of hydrogen-bond acceptors (Lipinski definition) is 4. The molecule has 1 aromatic rings. The van der Waals surface area contributed by atoms with E-state index in [-0.39, 0.29) is 0 Å². The second-order valence-corrected chi connectivity index (χ2v) is 5.10. The molecule has 1 aromatic heterocycles. The minimum absolute atomic E-state index is 0.641. The highest BCUT2D eigenvalue weighted by molar-refractivity contribution is 5.57. The Hall–Kier alpha value is -1.32. The first-order chi connectivity index (χ1) is 8.74. The van der Waals surface area contributed by atoms with Crippen molar-refractivity contribution in [3.05, 3.63) is 11.9 Å². The number of nitrogens with one attached hydrogen (secondary N) is 1. The number of nitrogens with zero attached hydrogens (tertiary/aromatic N) is 3. The zero-order valence-electron chi connectivity index (χ0n) is 11.7. The number of aromatic nitrogens is 2. The molecule has 0 aliphatic heterocycles. The third-order valence-electron chi connectivity index (χ3n) is 3.86. The van der Waals surface area contributed by atoms with Gasteiger partial charge in [-0.3, -0.25) is 0 Å². The van der Waals surface area contributed by atoms with Crippen molar-refractivity contribution < 1.29 is 0 Å². The molecule has 0 saturated heterocycles. The quantitative estimate of drug-likeness (QED) is 0.889. The topological polar surface area (TPSA) is 41.1 Å². The van der Waals surface area contributed by atoms with Gasteiger partial charge in [0, 0.05) is 25.2 Å². The molecule has 0 amide bonds. The third-order valence-corrected chi connectivity index (χ3v) is 3.86. The van der Waals surface area contributed by atoms with Crippen molar-refractivity contribution in [2.24, 2.45) is 0 Å². The first-order valence-corrected chi connectivity index (χ1v) is 7.02. The molecule has 2 rings (SSSR count). The minimum Gasteiger partial charge on any atom is -0.370 e. The van der Waals surface area contributed by atoms with Gasteiger partial charge in [-0.1, -0.05) is 19.3 Å².